The number of amides is 1. The van der Waals surface area contributed by atoms with Crippen molar-refractivity contribution in [3.63, 3.8) is 0 Å². The number of carbonyl (C=O) groups is 1. The molecule has 25 heavy (non-hydrogen) atoms. The Morgan fingerprint density at radius 3 is 2.80 bits per heavy atom. The van der Waals surface area contributed by atoms with Crippen LogP contribution in [-0.2, 0) is 11.2 Å². The predicted molar refractivity (Wildman–Crippen MR) is 91.6 cm³/mol. The molecule has 0 aliphatic carbocycles. The van der Waals surface area contributed by atoms with Crippen LogP contribution >= 0.6 is 0 Å². The van der Waals surface area contributed by atoms with Crippen molar-refractivity contribution in [3.8, 4) is 5.75 Å². The fraction of sp³-hybridized carbons (Fsp3) is 0.526. The fourth-order valence-corrected chi connectivity index (χ4v) is 3.72. The molecule has 1 amide bonds. The van der Waals surface area contributed by atoms with E-state index in [0.717, 1.165) is 30.7 Å². The van der Waals surface area contributed by atoms with Gasteiger partial charge in [-0.2, -0.15) is 4.98 Å². The van der Waals surface area contributed by atoms with Crippen LogP contribution in [0.25, 0.3) is 0 Å². The summed E-state index contributed by atoms with van der Waals surface area (Å²) >= 11 is 0. The number of likely N-dealkylation sites (tertiary alicyclic amines) is 1. The molecule has 0 N–H and O–H groups in total. The molecule has 1 aromatic carbocycles. The Labute approximate surface area is 147 Å². The van der Waals surface area contributed by atoms with Crippen LogP contribution in [0.3, 0.4) is 0 Å². The molecule has 132 valence electrons. The van der Waals surface area contributed by atoms with Gasteiger partial charge in [0.05, 0.1) is 0 Å². The zero-order valence-corrected chi connectivity index (χ0v) is 14.9. The van der Waals surface area contributed by atoms with Crippen molar-refractivity contribution in [2.75, 3.05) is 13.1 Å². The summed E-state index contributed by atoms with van der Waals surface area (Å²) in [5, 5.41) is 4.03. The van der Waals surface area contributed by atoms with Gasteiger partial charge in [-0.25, -0.2) is 0 Å². The van der Waals surface area contributed by atoms with E-state index in [-0.39, 0.29) is 11.8 Å². The first kappa shape index (κ1) is 16.1. The Bertz CT molecular complexity index is 783. The van der Waals surface area contributed by atoms with Crippen molar-refractivity contribution in [1.82, 2.24) is 15.0 Å². The average molecular weight is 341 g/mol. The highest BCUT2D eigenvalue weighted by atomic mass is 16.5. The van der Waals surface area contributed by atoms with Gasteiger partial charge in [0.15, 0.2) is 11.9 Å². The molecule has 2 atom stereocenters. The summed E-state index contributed by atoms with van der Waals surface area (Å²) in [4.78, 5) is 19.2. The first-order valence-corrected chi connectivity index (χ1v) is 8.87. The van der Waals surface area contributed by atoms with Gasteiger partial charge in [0.1, 0.15) is 5.75 Å². The second-order valence-corrected chi connectivity index (χ2v) is 7.15. The summed E-state index contributed by atoms with van der Waals surface area (Å²) in [6, 6.07) is 4.18. The third-order valence-corrected chi connectivity index (χ3v) is 5.27. The van der Waals surface area contributed by atoms with Gasteiger partial charge in [0.25, 0.3) is 5.91 Å². The molecule has 4 rings (SSSR count). The van der Waals surface area contributed by atoms with Crippen molar-refractivity contribution in [3.05, 3.63) is 40.5 Å². The van der Waals surface area contributed by atoms with Crippen LogP contribution in [0.2, 0.25) is 0 Å². The number of benzene rings is 1. The van der Waals surface area contributed by atoms with E-state index in [9.17, 15) is 4.79 Å². The molecule has 6 nitrogen and oxygen atoms in total. The van der Waals surface area contributed by atoms with Gasteiger partial charge >= 0.3 is 0 Å². The van der Waals surface area contributed by atoms with Gasteiger partial charge in [-0.3, -0.25) is 4.79 Å². The molecule has 1 aromatic heterocycles. The van der Waals surface area contributed by atoms with Gasteiger partial charge in [0, 0.05) is 32.4 Å². The second-order valence-electron chi connectivity index (χ2n) is 7.15. The Morgan fingerprint density at radius 1 is 1.24 bits per heavy atom. The standard InChI is InChI=1S/C19H23N3O3/c1-11-7-15-9-17(24-16(15)8-12(11)2)19(23)22-6-4-5-14(10-22)18-20-13(3)25-21-18/h7-8,14,17H,4-6,9-10H2,1-3H3/t14-,17+/m0/s1. The SMILES string of the molecule is Cc1nc([C@H]2CCCN(C(=O)[C@H]3Cc4cc(C)c(C)cc4O3)C2)no1. The largest absolute Gasteiger partial charge is 0.480 e. The van der Waals surface area contributed by atoms with Crippen LogP contribution in [-0.4, -0.2) is 40.1 Å². The Hall–Kier alpha value is -2.37. The number of carbonyl (C=O) groups excluding carboxylic acids is 1. The Kier molecular flexibility index (Phi) is 3.98. The lowest BCUT2D eigenvalue weighted by Gasteiger charge is -2.32. The molecule has 1 fully saturated rings. The zero-order chi connectivity index (χ0) is 17.6. The lowest BCUT2D eigenvalue weighted by atomic mass is 9.96. The Morgan fingerprint density at radius 2 is 2.04 bits per heavy atom. The number of fused-ring (bicyclic) bond motifs is 1. The van der Waals surface area contributed by atoms with Gasteiger partial charge in [-0.05, 0) is 49.4 Å². The zero-order valence-electron chi connectivity index (χ0n) is 14.9. The van der Waals surface area contributed by atoms with Crippen molar-refractivity contribution in [2.45, 2.75) is 52.1 Å². The number of nitrogens with zero attached hydrogens (tertiary/aromatic N) is 3. The molecule has 0 bridgehead atoms. The maximum atomic E-state index is 13.0. The van der Waals surface area contributed by atoms with E-state index in [0.29, 0.717) is 24.7 Å². The number of piperidine rings is 1. The molecule has 2 aromatic rings. The van der Waals surface area contributed by atoms with E-state index in [1.54, 1.807) is 6.92 Å². The number of aryl methyl sites for hydroxylation is 3. The lowest BCUT2D eigenvalue weighted by Crippen LogP contribution is -2.46. The third-order valence-electron chi connectivity index (χ3n) is 5.27. The number of hydrogen-bond acceptors (Lipinski definition) is 5. The maximum absolute atomic E-state index is 13.0. The molecule has 6 heteroatoms. The molecule has 2 aliphatic rings. The minimum atomic E-state index is -0.415. The molecule has 0 radical (unpaired) electrons. The predicted octanol–water partition coefficient (Wildman–Crippen LogP) is 2.70. The van der Waals surface area contributed by atoms with Crippen LogP contribution in [0.5, 0.6) is 5.75 Å². The molecular formula is C19H23N3O3. The van der Waals surface area contributed by atoms with Gasteiger partial charge in [-0.1, -0.05) is 11.2 Å². The third kappa shape index (κ3) is 3.01. The topological polar surface area (TPSA) is 68.5 Å². The summed E-state index contributed by atoms with van der Waals surface area (Å²) in [5.41, 5.74) is 3.56. The van der Waals surface area contributed by atoms with E-state index >= 15 is 0 Å². The number of rotatable bonds is 2. The summed E-state index contributed by atoms with van der Waals surface area (Å²) in [6.45, 7) is 7.34. The molecule has 1 saturated heterocycles. The quantitative estimate of drug-likeness (QED) is 0.840. The number of aromatic nitrogens is 2. The van der Waals surface area contributed by atoms with Crippen LogP contribution in [0, 0.1) is 20.8 Å². The number of hydrogen-bond donors (Lipinski definition) is 0. The molecule has 3 heterocycles. The van der Waals surface area contributed by atoms with Crippen LogP contribution in [0.1, 0.15) is 47.2 Å². The van der Waals surface area contributed by atoms with Crippen molar-refractivity contribution < 1.29 is 14.1 Å². The lowest BCUT2D eigenvalue weighted by molar-refractivity contribution is -0.139. The first-order chi connectivity index (χ1) is 12.0. The van der Waals surface area contributed by atoms with E-state index in [4.69, 9.17) is 9.26 Å². The van der Waals surface area contributed by atoms with E-state index in [2.05, 4.69) is 30.1 Å². The highest BCUT2D eigenvalue weighted by Gasteiger charge is 2.35. The van der Waals surface area contributed by atoms with E-state index in [1.165, 1.54) is 11.1 Å². The monoisotopic (exact) mass is 341 g/mol. The fourth-order valence-electron chi connectivity index (χ4n) is 3.72. The summed E-state index contributed by atoms with van der Waals surface area (Å²) in [5.74, 6) is 2.33. The van der Waals surface area contributed by atoms with Crippen LogP contribution in [0.4, 0.5) is 0 Å². The van der Waals surface area contributed by atoms with Gasteiger partial charge in [-0.15, -0.1) is 0 Å². The highest BCUT2D eigenvalue weighted by molar-refractivity contribution is 5.83. The summed E-state index contributed by atoms with van der Waals surface area (Å²) in [6.07, 6.45) is 2.16. The molecule has 2 aliphatic heterocycles. The average Bonchev–Trinajstić information content (AvgIpc) is 3.21. The number of ether oxygens (including phenoxy) is 1. The smallest absolute Gasteiger partial charge is 0.264 e. The minimum Gasteiger partial charge on any atom is -0.480 e. The normalized spacial score (nSPS) is 22.6. The summed E-state index contributed by atoms with van der Waals surface area (Å²) < 4.78 is 11.1. The van der Waals surface area contributed by atoms with E-state index in [1.807, 2.05) is 11.0 Å². The Balaban J connectivity index is 1.46. The minimum absolute atomic E-state index is 0.0661. The maximum Gasteiger partial charge on any atom is 0.264 e. The van der Waals surface area contributed by atoms with Gasteiger partial charge < -0.3 is 14.2 Å². The van der Waals surface area contributed by atoms with Crippen LogP contribution in [0.15, 0.2) is 16.7 Å². The first-order valence-electron chi connectivity index (χ1n) is 8.87. The highest BCUT2D eigenvalue weighted by Crippen LogP contribution is 2.33. The van der Waals surface area contributed by atoms with Crippen molar-refractivity contribution in [1.29, 1.82) is 0 Å². The second kappa shape index (κ2) is 6.17. The summed E-state index contributed by atoms with van der Waals surface area (Å²) in [7, 11) is 0. The van der Waals surface area contributed by atoms with E-state index < -0.39 is 6.10 Å². The van der Waals surface area contributed by atoms with Crippen LogP contribution < -0.4 is 4.74 Å². The van der Waals surface area contributed by atoms with Gasteiger partial charge in [0.2, 0.25) is 5.89 Å². The molecule has 0 saturated carbocycles. The molecular weight excluding hydrogens is 318 g/mol. The molecule has 0 spiro atoms. The van der Waals surface area contributed by atoms with Crippen molar-refractivity contribution in [2.24, 2.45) is 0 Å². The van der Waals surface area contributed by atoms with Crippen molar-refractivity contribution >= 4 is 5.91 Å². The molecule has 0 unspecified atom stereocenters.